The Hall–Kier alpha value is -2.24. The largest absolute Gasteiger partial charge is 0.323 e. The zero-order valence-electron chi connectivity index (χ0n) is 9.41. The van der Waals surface area contributed by atoms with Crippen molar-refractivity contribution in [3.8, 4) is 0 Å². The number of hydrogen-bond donors (Lipinski definition) is 2. The van der Waals surface area contributed by atoms with Gasteiger partial charge in [0.05, 0.1) is 11.9 Å². The predicted octanol–water partition coefficient (Wildman–Crippen LogP) is 2.26. The van der Waals surface area contributed by atoms with Crippen LogP contribution >= 0.6 is 0 Å². The third-order valence-electron chi connectivity index (χ3n) is 2.41. The number of aromatic nitrogens is 2. The molecule has 94 valence electrons. The number of carbonyl (C=O) groups is 1. The fraction of sp³-hybridized carbons (Fsp3) is 0.167. The van der Waals surface area contributed by atoms with Crippen molar-refractivity contribution < 1.29 is 13.6 Å². The predicted molar refractivity (Wildman–Crippen MR) is 61.9 cm³/mol. The van der Waals surface area contributed by atoms with Gasteiger partial charge in [-0.05, 0) is 24.1 Å². The van der Waals surface area contributed by atoms with Gasteiger partial charge < -0.3 is 5.32 Å². The van der Waals surface area contributed by atoms with Crippen molar-refractivity contribution in [2.24, 2.45) is 0 Å². The third-order valence-corrected chi connectivity index (χ3v) is 2.41. The van der Waals surface area contributed by atoms with E-state index in [4.69, 9.17) is 0 Å². The Morgan fingerprint density at radius 1 is 1.33 bits per heavy atom. The number of halogens is 2. The number of carbonyl (C=O) groups excluding carboxylic acids is 1. The van der Waals surface area contributed by atoms with E-state index < -0.39 is 11.6 Å². The summed E-state index contributed by atoms with van der Waals surface area (Å²) in [6.45, 7) is 0. The van der Waals surface area contributed by atoms with Crippen molar-refractivity contribution in [3.05, 3.63) is 47.8 Å². The van der Waals surface area contributed by atoms with Crippen LogP contribution in [0, 0.1) is 11.6 Å². The first kappa shape index (κ1) is 12.2. The minimum Gasteiger partial charge on any atom is -0.323 e. The number of H-pyrrole nitrogens is 1. The molecule has 1 amide bonds. The molecule has 0 aliphatic carbocycles. The number of anilines is 1. The van der Waals surface area contributed by atoms with E-state index in [2.05, 4.69) is 15.5 Å². The monoisotopic (exact) mass is 251 g/mol. The standard InChI is InChI=1S/C12H11F2N3O/c13-10-3-1-8(5-11(10)14)2-4-12(18)17-9-6-15-16-7-9/h1,3,5-7H,2,4H2,(H,15,16)(H,17,18). The summed E-state index contributed by atoms with van der Waals surface area (Å²) in [4.78, 5) is 11.5. The van der Waals surface area contributed by atoms with E-state index in [1.54, 1.807) is 6.20 Å². The highest BCUT2D eigenvalue weighted by Crippen LogP contribution is 2.11. The third kappa shape index (κ3) is 3.13. The van der Waals surface area contributed by atoms with Crippen LogP contribution in [0.4, 0.5) is 14.5 Å². The van der Waals surface area contributed by atoms with Crippen LogP contribution in [0.25, 0.3) is 0 Å². The first-order valence-electron chi connectivity index (χ1n) is 5.38. The van der Waals surface area contributed by atoms with Crippen LogP contribution < -0.4 is 5.32 Å². The minimum absolute atomic E-state index is 0.191. The van der Waals surface area contributed by atoms with Crippen molar-refractivity contribution in [2.45, 2.75) is 12.8 Å². The van der Waals surface area contributed by atoms with Gasteiger partial charge in [0.2, 0.25) is 5.91 Å². The van der Waals surface area contributed by atoms with Gasteiger partial charge in [-0.2, -0.15) is 5.10 Å². The fourth-order valence-corrected chi connectivity index (χ4v) is 1.50. The maximum Gasteiger partial charge on any atom is 0.224 e. The van der Waals surface area contributed by atoms with Crippen LogP contribution in [0.3, 0.4) is 0 Å². The second-order valence-corrected chi connectivity index (χ2v) is 3.78. The molecule has 6 heteroatoms. The summed E-state index contributed by atoms with van der Waals surface area (Å²) >= 11 is 0. The average molecular weight is 251 g/mol. The average Bonchev–Trinajstić information content (AvgIpc) is 2.83. The van der Waals surface area contributed by atoms with Crippen molar-refractivity contribution in [3.63, 3.8) is 0 Å². The van der Waals surface area contributed by atoms with Crippen LogP contribution in [0.1, 0.15) is 12.0 Å². The molecule has 0 bridgehead atoms. The first-order valence-corrected chi connectivity index (χ1v) is 5.38. The summed E-state index contributed by atoms with van der Waals surface area (Å²) in [5, 5.41) is 8.87. The highest BCUT2D eigenvalue weighted by molar-refractivity contribution is 5.90. The quantitative estimate of drug-likeness (QED) is 0.875. The molecule has 0 saturated carbocycles. The van der Waals surface area contributed by atoms with Gasteiger partial charge in [0, 0.05) is 12.6 Å². The molecule has 0 aliphatic rings. The van der Waals surface area contributed by atoms with Gasteiger partial charge in [0.15, 0.2) is 11.6 Å². The Morgan fingerprint density at radius 3 is 2.83 bits per heavy atom. The Morgan fingerprint density at radius 2 is 2.17 bits per heavy atom. The molecule has 0 aliphatic heterocycles. The molecule has 0 saturated heterocycles. The molecule has 1 aromatic carbocycles. The highest BCUT2D eigenvalue weighted by Gasteiger charge is 2.06. The van der Waals surface area contributed by atoms with Gasteiger partial charge in [0.25, 0.3) is 0 Å². The van der Waals surface area contributed by atoms with Crippen molar-refractivity contribution >= 4 is 11.6 Å². The SMILES string of the molecule is O=C(CCc1ccc(F)c(F)c1)Nc1cn[nH]c1. The van der Waals surface area contributed by atoms with Crippen molar-refractivity contribution in [2.75, 3.05) is 5.32 Å². The first-order chi connectivity index (χ1) is 8.65. The number of benzene rings is 1. The summed E-state index contributed by atoms with van der Waals surface area (Å²) < 4.78 is 25.6. The Bertz CT molecular complexity index is 540. The molecule has 18 heavy (non-hydrogen) atoms. The zero-order chi connectivity index (χ0) is 13.0. The normalized spacial score (nSPS) is 10.3. The van der Waals surface area contributed by atoms with Crippen LogP contribution in [-0.2, 0) is 11.2 Å². The molecule has 0 spiro atoms. The summed E-state index contributed by atoms with van der Waals surface area (Å²) in [6.07, 6.45) is 3.57. The number of nitrogens with zero attached hydrogens (tertiary/aromatic N) is 1. The molecule has 0 radical (unpaired) electrons. The molecule has 4 nitrogen and oxygen atoms in total. The van der Waals surface area contributed by atoms with E-state index in [1.807, 2.05) is 0 Å². The van der Waals surface area contributed by atoms with Crippen LogP contribution in [0.5, 0.6) is 0 Å². The van der Waals surface area contributed by atoms with E-state index in [0.29, 0.717) is 17.7 Å². The zero-order valence-corrected chi connectivity index (χ0v) is 9.41. The number of aryl methyl sites for hydroxylation is 1. The van der Waals surface area contributed by atoms with Gasteiger partial charge in [-0.25, -0.2) is 8.78 Å². The van der Waals surface area contributed by atoms with Crippen molar-refractivity contribution in [1.29, 1.82) is 0 Å². The molecule has 1 heterocycles. The molecular formula is C12H11F2N3O. The molecule has 2 aromatic rings. The molecule has 1 aromatic heterocycles. The van der Waals surface area contributed by atoms with Gasteiger partial charge in [-0.3, -0.25) is 9.89 Å². The van der Waals surface area contributed by atoms with Crippen molar-refractivity contribution in [1.82, 2.24) is 10.2 Å². The second-order valence-electron chi connectivity index (χ2n) is 3.78. The molecule has 2 N–H and O–H groups in total. The van der Waals surface area contributed by atoms with Gasteiger partial charge in [0.1, 0.15) is 0 Å². The second kappa shape index (κ2) is 5.39. The topological polar surface area (TPSA) is 57.8 Å². The lowest BCUT2D eigenvalue weighted by Crippen LogP contribution is -2.11. The van der Waals surface area contributed by atoms with E-state index in [-0.39, 0.29) is 12.3 Å². The van der Waals surface area contributed by atoms with E-state index in [9.17, 15) is 13.6 Å². The summed E-state index contributed by atoms with van der Waals surface area (Å²) in [6, 6.07) is 3.61. The summed E-state index contributed by atoms with van der Waals surface area (Å²) in [7, 11) is 0. The molecule has 0 unspecified atom stereocenters. The molecular weight excluding hydrogens is 240 g/mol. The smallest absolute Gasteiger partial charge is 0.224 e. The van der Waals surface area contributed by atoms with E-state index in [1.165, 1.54) is 12.3 Å². The Kier molecular flexibility index (Phi) is 3.66. The number of nitrogens with one attached hydrogen (secondary N) is 2. The Labute approximate surface area is 102 Å². The lowest BCUT2D eigenvalue weighted by Gasteiger charge is -2.03. The summed E-state index contributed by atoms with van der Waals surface area (Å²) in [5.74, 6) is -1.99. The minimum atomic E-state index is -0.900. The number of hydrogen-bond acceptors (Lipinski definition) is 2. The molecule has 2 rings (SSSR count). The van der Waals surface area contributed by atoms with Gasteiger partial charge >= 0.3 is 0 Å². The number of rotatable bonds is 4. The number of amides is 1. The van der Waals surface area contributed by atoms with Crippen LogP contribution in [0.15, 0.2) is 30.6 Å². The number of aromatic amines is 1. The van der Waals surface area contributed by atoms with Crippen LogP contribution in [-0.4, -0.2) is 16.1 Å². The van der Waals surface area contributed by atoms with Crippen LogP contribution in [0.2, 0.25) is 0 Å². The lowest BCUT2D eigenvalue weighted by molar-refractivity contribution is -0.116. The lowest BCUT2D eigenvalue weighted by atomic mass is 10.1. The van der Waals surface area contributed by atoms with E-state index in [0.717, 1.165) is 12.1 Å². The maximum absolute atomic E-state index is 12.9. The van der Waals surface area contributed by atoms with Gasteiger partial charge in [-0.1, -0.05) is 6.07 Å². The van der Waals surface area contributed by atoms with Gasteiger partial charge in [-0.15, -0.1) is 0 Å². The molecule has 0 atom stereocenters. The summed E-state index contributed by atoms with van der Waals surface area (Å²) in [5.41, 5.74) is 1.15. The Balaban J connectivity index is 1.87. The van der Waals surface area contributed by atoms with E-state index >= 15 is 0 Å². The fourth-order valence-electron chi connectivity index (χ4n) is 1.50. The maximum atomic E-state index is 12.9. The highest BCUT2D eigenvalue weighted by atomic mass is 19.2. The molecule has 0 fully saturated rings.